The van der Waals surface area contributed by atoms with E-state index in [1.807, 2.05) is 23.1 Å². The number of fused-ring (bicyclic) bond motifs is 1. The van der Waals surface area contributed by atoms with E-state index in [4.69, 9.17) is 27.9 Å². The van der Waals surface area contributed by atoms with Gasteiger partial charge in [-0.15, -0.1) is 0 Å². The van der Waals surface area contributed by atoms with Crippen LogP contribution in [-0.2, 0) is 16.0 Å². The summed E-state index contributed by atoms with van der Waals surface area (Å²) >= 11 is 12.2. The average Bonchev–Trinajstić information content (AvgIpc) is 2.77. The third-order valence-corrected chi connectivity index (χ3v) is 5.98. The van der Waals surface area contributed by atoms with E-state index >= 15 is 0 Å². The van der Waals surface area contributed by atoms with Crippen LogP contribution in [0.25, 0.3) is 0 Å². The summed E-state index contributed by atoms with van der Waals surface area (Å²) in [6.45, 7) is 3.11. The summed E-state index contributed by atoms with van der Waals surface area (Å²) in [5.41, 5.74) is 1.94. The van der Waals surface area contributed by atoms with Gasteiger partial charge in [0.1, 0.15) is 11.6 Å². The summed E-state index contributed by atoms with van der Waals surface area (Å²) in [6.07, 6.45) is 3.90. The van der Waals surface area contributed by atoms with E-state index < -0.39 is 0 Å². The molecule has 0 atom stereocenters. The molecule has 2 amide bonds. The molecular weight excluding hydrogens is 439 g/mol. The van der Waals surface area contributed by atoms with E-state index in [0.29, 0.717) is 67.9 Å². The molecule has 4 rings (SSSR count). The molecule has 31 heavy (non-hydrogen) atoms. The van der Waals surface area contributed by atoms with Gasteiger partial charge in [0.05, 0.1) is 16.7 Å². The van der Waals surface area contributed by atoms with Crippen LogP contribution in [-0.4, -0.2) is 54.5 Å². The second-order valence-electron chi connectivity index (χ2n) is 7.65. The third-order valence-electron chi connectivity index (χ3n) is 5.50. The van der Waals surface area contributed by atoms with E-state index in [9.17, 15) is 9.59 Å². The summed E-state index contributed by atoms with van der Waals surface area (Å²) in [4.78, 5) is 32.2. The van der Waals surface area contributed by atoms with Crippen LogP contribution in [0.2, 0.25) is 10.0 Å². The second kappa shape index (κ2) is 9.75. The molecule has 1 aromatic heterocycles. The van der Waals surface area contributed by atoms with Gasteiger partial charge in [0, 0.05) is 50.9 Å². The van der Waals surface area contributed by atoms with Crippen molar-refractivity contribution >= 4 is 46.5 Å². The molecular formula is C22H24Cl2N4O3. The number of carbonyl (C=O) groups is 2. The van der Waals surface area contributed by atoms with Crippen LogP contribution in [0.4, 0.5) is 11.5 Å². The van der Waals surface area contributed by atoms with Crippen LogP contribution < -0.4 is 15.0 Å². The fourth-order valence-corrected chi connectivity index (χ4v) is 4.33. The molecule has 0 radical (unpaired) electrons. The van der Waals surface area contributed by atoms with Crippen LogP contribution in [0.15, 0.2) is 30.5 Å². The number of anilines is 2. The lowest BCUT2D eigenvalue weighted by atomic mass is 10.0. The Morgan fingerprint density at radius 2 is 1.94 bits per heavy atom. The lowest BCUT2D eigenvalue weighted by Gasteiger charge is -2.35. The first-order valence-electron chi connectivity index (χ1n) is 10.4. The summed E-state index contributed by atoms with van der Waals surface area (Å²) in [5, 5.41) is 3.89. The topological polar surface area (TPSA) is 74.8 Å². The standard InChI is InChI=1S/C22H24Cl2N4O3/c23-16-13-18(24)22(25-14-16)28-9-7-27(8-10-28)21(30)2-1-11-31-17-4-5-19-15(12-17)3-6-20(29)26-19/h4-5,12-14H,1-3,6-11H2,(H,26,29). The lowest BCUT2D eigenvalue weighted by molar-refractivity contribution is -0.131. The Balaban J connectivity index is 1.19. The number of hydrogen-bond donors (Lipinski definition) is 1. The van der Waals surface area contributed by atoms with Crippen molar-refractivity contribution in [1.29, 1.82) is 0 Å². The zero-order valence-electron chi connectivity index (χ0n) is 17.1. The minimum atomic E-state index is 0.0491. The number of ether oxygens (including phenoxy) is 1. The minimum Gasteiger partial charge on any atom is -0.494 e. The van der Waals surface area contributed by atoms with Crippen molar-refractivity contribution in [2.75, 3.05) is 43.0 Å². The highest BCUT2D eigenvalue weighted by molar-refractivity contribution is 6.36. The minimum absolute atomic E-state index is 0.0491. The highest BCUT2D eigenvalue weighted by Crippen LogP contribution is 2.28. The highest BCUT2D eigenvalue weighted by atomic mass is 35.5. The van der Waals surface area contributed by atoms with E-state index in [1.165, 1.54) is 0 Å². The van der Waals surface area contributed by atoms with Gasteiger partial charge in [-0.2, -0.15) is 0 Å². The first-order valence-corrected chi connectivity index (χ1v) is 11.1. The van der Waals surface area contributed by atoms with Crippen LogP contribution in [0.5, 0.6) is 5.75 Å². The van der Waals surface area contributed by atoms with Gasteiger partial charge >= 0.3 is 0 Å². The maximum atomic E-state index is 12.5. The Morgan fingerprint density at radius 1 is 1.13 bits per heavy atom. The monoisotopic (exact) mass is 462 g/mol. The van der Waals surface area contributed by atoms with Crippen molar-refractivity contribution in [1.82, 2.24) is 9.88 Å². The van der Waals surface area contributed by atoms with Gasteiger partial charge in [-0.3, -0.25) is 9.59 Å². The molecule has 0 unspecified atom stereocenters. The number of benzene rings is 1. The van der Waals surface area contributed by atoms with Crippen molar-refractivity contribution in [2.45, 2.75) is 25.7 Å². The molecule has 164 valence electrons. The van der Waals surface area contributed by atoms with Crippen molar-refractivity contribution < 1.29 is 14.3 Å². The molecule has 1 fully saturated rings. The van der Waals surface area contributed by atoms with Crippen LogP contribution in [0, 0.1) is 0 Å². The van der Waals surface area contributed by atoms with Crippen LogP contribution in [0.3, 0.4) is 0 Å². The third kappa shape index (κ3) is 5.40. The molecule has 1 N–H and O–H groups in total. The molecule has 0 aliphatic carbocycles. The van der Waals surface area contributed by atoms with Crippen LogP contribution >= 0.6 is 23.2 Å². The van der Waals surface area contributed by atoms with Crippen LogP contribution in [0.1, 0.15) is 24.8 Å². The molecule has 2 aromatic rings. The Morgan fingerprint density at radius 3 is 2.71 bits per heavy atom. The average molecular weight is 463 g/mol. The molecule has 9 heteroatoms. The van der Waals surface area contributed by atoms with E-state index in [2.05, 4.69) is 15.2 Å². The molecule has 1 aromatic carbocycles. The SMILES string of the molecule is O=C1CCc2cc(OCCCC(=O)N3CCN(c4ncc(Cl)cc4Cl)CC3)ccc2N1. The first kappa shape index (κ1) is 21.7. The van der Waals surface area contributed by atoms with Gasteiger partial charge in [-0.25, -0.2) is 4.98 Å². The smallest absolute Gasteiger partial charge is 0.224 e. The second-order valence-corrected chi connectivity index (χ2v) is 8.49. The summed E-state index contributed by atoms with van der Waals surface area (Å²) in [5.74, 6) is 1.65. The van der Waals surface area contributed by atoms with Crippen molar-refractivity contribution in [3.05, 3.63) is 46.1 Å². The number of hydrogen-bond acceptors (Lipinski definition) is 5. The summed E-state index contributed by atoms with van der Waals surface area (Å²) in [7, 11) is 0. The number of halogens is 2. The number of aromatic nitrogens is 1. The number of piperazine rings is 1. The van der Waals surface area contributed by atoms with Gasteiger partial charge in [-0.05, 0) is 42.7 Å². The maximum Gasteiger partial charge on any atom is 0.224 e. The normalized spacial score (nSPS) is 16.0. The number of nitrogens with zero attached hydrogens (tertiary/aromatic N) is 3. The number of rotatable bonds is 6. The summed E-state index contributed by atoms with van der Waals surface area (Å²) < 4.78 is 5.81. The Bertz CT molecular complexity index is 977. The molecule has 0 saturated carbocycles. The van der Waals surface area contributed by atoms with Gasteiger partial charge in [0.2, 0.25) is 11.8 Å². The number of nitrogens with one attached hydrogen (secondary N) is 1. The molecule has 2 aliphatic rings. The molecule has 7 nitrogen and oxygen atoms in total. The van der Waals surface area contributed by atoms with E-state index in [-0.39, 0.29) is 11.8 Å². The van der Waals surface area contributed by atoms with E-state index in [1.54, 1.807) is 12.3 Å². The zero-order valence-corrected chi connectivity index (χ0v) is 18.6. The molecule has 1 saturated heterocycles. The molecule has 3 heterocycles. The van der Waals surface area contributed by atoms with Crippen molar-refractivity contribution in [3.8, 4) is 5.75 Å². The lowest BCUT2D eigenvalue weighted by Crippen LogP contribution is -2.49. The van der Waals surface area contributed by atoms with Gasteiger partial charge in [0.15, 0.2) is 0 Å². The zero-order chi connectivity index (χ0) is 21.8. The fraction of sp³-hybridized carbons (Fsp3) is 0.409. The summed E-state index contributed by atoms with van der Waals surface area (Å²) in [6, 6.07) is 7.36. The van der Waals surface area contributed by atoms with Gasteiger partial charge in [-0.1, -0.05) is 23.2 Å². The maximum absolute atomic E-state index is 12.5. The first-order chi connectivity index (χ1) is 15.0. The Kier molecular flexibility index (Phi) is 6.83. The van der Waals surface area contributed by atoms with E-state index in [0.717, 1.165) is 23.4 Å². The molecule has 0 spiro atoms. The quantitative estimate of drug-likeness (QED) is 0.661. The largest absolute Gasteiger partial charge is 0.494 e. The fourth-order valence-electron chi connectivity index (χ4n) is 3.83. The predicted octanol–water partition coefficient (Wildman–Crippen LogP) is 3.78. The van der Waals surface area contributed by atoms with Crippen molar-refractivity contribution in [2.24, 2.45) is 0 Å². The highest BCUT2D eigenvalue weighted by Gasteiger charge is 2.23. The molecule has 0 bridgehead atoms. The number of carbonyl (C=O) groups excluding carboxylic acids is 2. The van der Waals surface area contributed by atoms with Gasteiger partial charge in [0.25, 0.3) is 0 Å². The number of aryl methyl sites for hydroxylation is 1. The number of pyridine rings is 1. The van der Waals surface area contributed by atoms with Crippen molar-refractivity contribution in [3.63, 3.8) is 0 Å². The predicted molar refractivity (Wildman–Crippen MR) is 121 cm³/mol. The molecule has 2 aliphatic heterocycles. The number of amides is 2. The van der Waals surface area contributed by atoms with Gasteiger partial charge < -0.3 is 19.9 Å². The Hall–Kier alpha value is -2.51. The Labute approximate surface area is 191 Å².